The van der Waals surface area contributed by atoms with Gasteiger partial charge >= 0.3 is 0 Å². The zero-order chi connectivity index (χ0) is 7.54. The zero-order valence-electron chi connectivity index (χ0n) is 7.33. The molecule has 0 saturated heterocycles. The van der Waals surface area contributed by atoms with Gasteiger partial charge in [-0.1, -0.05) is 34.1 Å². The average Bonchev–Trinajstić information content (AvgIpc) is 1.94. The minimum atomic E-state index is 0. The van der Waals surface area contributed by atoms with Crippen molar-refractivity contribution in [2.45, 2.75) is 40.5 Å². The molecule has 1 N–H and O–H groups in total. The van der Waals surface area contributed by atoms with Gasteiger partial charge < -0.3 is 5.32 Å². The van der Waals surface area contributed by atoms with Crippen LogP contribution in [0.5, 0.6) is 0 Å². The molecule has 60 valence electrons. The Balaban J connectivity index is -0.000000149. The van der Waals surface area contributed by atoms with Crippen LogP contribution in [0.3, 0.4) is 0 Å². The van der Waals surface area contributed by atoms with E-state index < -0.39 is 0 Å². The van der Waals surface area contributed by atoms with E-state index >= 15 is 0 Å². The van der Waals surface area contributed by atoms with Gasteiger partial charge in [0, 0.05) is 1.43 Å². The average molecular weight is 133 g/mol. The Labute approximate surface area is 61.3 Å². The van der Waals surface area contributed by atoms with Crippen LogP contribution in [-0.2, 0) is 0 Å². The normalized spacial score (nSPS) is 8.00. The molecule has 9 heavy (non-hydrogen) atoms. The van der Waals surface area contributed by atoms with Crippen LogP contribution in [0.1, 0.15) is 42.0 Å². The molecule has 0 aliphatic heterocycles. The van der Waals surface area contributed by atoms with Gasteiger partial charge in [-0.2, -0.15) is 0 Å². The molecule has 0 radical (unpaired) electrons. The molecule has 0 saturated carbocycles. The molecule has 1 heteroatoms. The van der Waals surface area contributed by atoms with Gasteiger partial charge in [-0.25, -0.2) is 0 Å². The molecule has 0 amide bonds. The molecule has 0 heterocycles. The summed E-state index contributed by atoms with van der Waals surface area (Å²) in [7, 11) is 0. The molecular formula is C8H23N. The maximum atomic E-state index is 3.25. The highest BCUT2D eigenvalue weighted by Gasteiger charge is 1.77. The molecule has 0 aliphatic carbocycles. The van der Waals surface area contributed by atoms with E-state index in [0.717, 1.165) is 6.54 Å². The van der Waals surface area contributed by atoms with Crippen LogP contribution >= 0.6 is 0 Å². The first-order valence-electron chi connectivity index (χ1n) is 4.12. The summed E-state index contributed by atoms with van der Waals surface area (Å²) in [6, 6.07) is 0. The molecule has 0 atom stereocenters. The van der Waals surface area contributed by atoms with Gasteiger partial charge in [0.05, 0.1) is 0 Å². The third kappa shape index (κ3) is 18.0. The van der Waals surface area contributed by atoms with Crippen molar-refractivity contribution in [2.24, 2.45) is 0 Å². The fourth-order valence-corrected chi connectivity index (χ4v) is 0.479. The van der Waals surface area contributed by atoms with E-state index in [1.807, 2.05) is 13.8 Å². The van der Waals surface area contributed by atoms with Gasteiger partial charge in [0.15, 0.2) is 0 Å². The van der Waals surface area contributed by atoms with Crippen LogP contribution in [0.2, 0.25) is 0 Å². The van der Waals surface area contributed by atoms with E-state index in [-0.39, 0.29) is 1.43 Å². The molecule has 0 bridgehead atoms. The van der Waals surface area contributed by atoms with Crippen molar-refractivity contribution in [1.29, 1.82) is 0 Å². The van der Waals surface area contributed by atoms with Crippen LogP contribution in [0.15, 0.2) is 0 Å². The van der Waals surface area contributed by atoms with Crippen molar-refractivity contribution in [3.05, 3.63) is 0 Å². The summed E-state index contributed by atoms with van der Waals surface area (Å²) in [6.45, 7) is 10.6. The second kappa shape index (κ2) is 15.7. The Bertz CT molecular complexity index is 28.4. The fraction of sp³-hybridized carbons (Fsp3) is 1.00. The van der Waals surface area contributed by atoms with Gasteiger partial charge in [-0.3, -0.25) is 0 Å². The topological polar surface area (TPSA) is 12.0 Å². The maximum Gasteiger partial charge on any atom is 0 e. The third-order valence-electron chi connectivity index (χ3n) is 0.957. The van der Waals surface area contributed by atoms with Crippen LogP contribution in [0.25, 0.3) is 0 Å². The summed E-state index contributed by atoms with van der Waals surface area (Å²) in [5, 5.41) is 3.25. The molecule has 0 fully saturated rings. The highest BCUT2D eigenvalue weighted by Crippen LogP contribution is 1.80. The second-order valence-electron chi connectivity index (χ2n) is 1.71. The highest BCUT2D eigenvalue weighted by atomic mass is 14.8. The molecule has 0 aliphatic rings. The summed E-state index contributed by atoms with van der Waals surface area (Å²) in [6.07, 6.45) is 2.61. The van der Waals surface area contributed by atoms with E-state index in [1.54, 1.807) is 0 Å². The smallest absolute Gasteiger partial charge is 0 e. The Kier molecular flexibility index (Phi) is 20.4. The molecule has 0 aromatic heterocycles. The van der Waals surface area contributed by atoms with Crippen molar-refractivity contribution < 1.29 is 1.43 Å². The van der Waals surface area contributed by atoms with Crippen LogP contribution in [-0.4, -0.2) is 13.1 Å². The van der Waals surface area contributed by atoms with Crippen LogP contribution < -0.4 is 5.32 Å². The lowest BCUT2D eigenvalue weighted by Gasteiger charge is -1.95. The first kappa shape index (κ1) is 11.7. The second-order valence-corrected chi connectivity index (χ2v) is 1.71. The zero-order valence-corrected chi connectivity index (χ0v) is 7.33. The van der Waals surface area contributed by atoms with E-state index in [4.69, 9.17) is 0 Å². The van der Waals surface area contributed by atoms with Gasteiger partial charge in [0.25, 0.3) is 0 Å². The Hall–Kier alpha value is -0.0400. The Morgan fingerprint density at radius 3 is 2.11 bits per heavy atom. The van der Waals surface area contributed by atoms with Crippen molar-refractivity contribution in [3.8, 4) is 0 Å². The number of rotatable bonds is 4. The van der Waals surface area contributed by atoms with Gasteiger partial charge in [0.1, 0.15) is 0 Å². The lowest BCUT2D eigenvalue weighted by Crippen LogP contribution is -2.13. The van der Waals surface area contributed by atoms with E-state index in [2.05, 4.69) is 19.2 Å². The van der Waals surface area contributed by atoms with Gasteiger partial charge in [0.2, 0.25) is 0 Å². The summed E-state index contributed by atoms with van der Waals surface area (Å²) in [4.78, 5) is 0. The van der Waals surface area contributed by atoms with Gasteiger partial charge in [-0.15, -0.1) is 0 Å². The molecule has 0 aromatic rings. The minimum absolute atomic E-state index is 0. The molecule has 0 rings (SSSR count). The summed E-state index contributed by atoms with van der Waals surface area (Å²) >= 11 is 0. The van der Waals surface area contributed by atoms with E-state index in [0.29, 0.717) is 0 Å². The maximum absolute atomic E-state index is 3.25. The first-order valence-corrected chi connectivity index (χ1v) is 4.12. The fourth-order valence-electron chi connectivity index (χ4n) is 0.479. The predicted molar refractivity (Wildman–Crippen MR) is 46.9 cm³/mol. The molecular weight excluding hydrogens is 110 g/mol. The van der Waals surface area contributed by atoms with Crippen LogP contribution in [0.4, 0.5) is 0 Å². The lowest BCUT2D eigenvalue weighted by atomic mass is 10.3. The minimum Gasteiger partial charge on any atom is -0.317 e. The molecule has 0 spiro atoms. The lowest BCUT2D eigenvalue weighted by molar-refractivity contribution is 0.663. The van der Waals surface area contributed by atoms with E-state index in [9.17, 15) is 0 Å². The molecule has 0 unspecified atom stereocenters. The quantitative estimate of drug-likeness (QED) is 0.581. The SMILES string of the molecule is CC.CCCCNCC.[HH]. The monoisotopic (exact) mass is 133 g/mol. The van der Waals surface area contributed by atoms with Crippen molar-refractivity contribution in [1.82, 2.24) is 5.32 Å². The Morgan fingerprint density at radius 2 is 1.78 bits per heavy atom. The largest absolute Gasteiger partial charge is 0.317 e. The van der Waals surface area contributed by atoms with Crippen molar-refractivity contribution in [3.63, 3.8) is 0 Å². The number of unbranched alkanes of at least 4 members (excludes halogenated alkanes) is 1. The summed E-state index contributed by atoms with van der Waals surface area (Å²) in [5.74, 6) is 0. The number of nitrogens with one attached hydrogen (secondary N) is 1. The van der Waals surface area contributed by atoms with Crippen molar-refractivity contribution in [2.75, 3.05) is 13.1 Å². The molecule has 1 nitrogen and oxygen atoms in total. The van der Waals surface area contributed by atoms with Crippen molar-refractivity contribution >= 4 is 0 Å². The highest BCUT2D eigenvalue weighted by molar-refractivity contribution is 4.39. The standard InChI is InChI=1S/C6H15N.C2H6.H2/c1-3-5-6-7-4-2;1-2;/h7H,3-6H2,1-2H3;1-2H3;1H. The summed E-state index contributed by atoms with van der Waals surface area (Å²) in [5.41, 5.74) is 0. The molecule has 0 aromatic carbocycles. The van der Waals surface area contributed by atoms with Gasteiger partial charge in [-0.05, 0) is 19.5 Å². The van der Waals surface area contributed by atoms with E-state index in [1.165, 1.54) is 19.4 Å². The number of hydrogen-bond acceptors (Lipinski definition) is 1. The first-order chi connectivity index (χ1) is 4.41. The van der Waals surface area contributed by atoms with Crippen LogP contribution in [0, 0.1) is 0 Å². The third-order valence-corrected chi connectivity index (χ3v) is 0.957. The predicted octanol–water partition coefficient (Wildman–Crippen LogP) is 2.67. The Morgan fingerprint density at radius 1 is 1.22 bits per heavy atom. The number of hydrogen-bond donors (Lipinski definition) is 1. The summed E-state index contributed by atoms with van der Waals surface area (Å²) < 4.78 is 0.